The minimum Gasteiger partial charge on any atom is -0.302 e. The van der Waals surface area contributed by atoms with E-state index in [2.05, 4.69) is 17.1 Å². The van der Waals surface area contributed by atoms with Crippen LogP contribution in [-0.4, -0.2) is 30.3 Å². The van der Waals surface area contributed by atoms with Crippen LogP contribution in [0.4, 0.5) is 0 Å². The van der Waals surface area contributed by atoms with Gasteiger partial charge in [-0.05, 0) is 32.4 Å². The molecular formula is C18H21NO. The maximum atomic E-state index is 13.0. The normalized spacial score (nSPS) is 26.0. The topological polar surface area (TPSA) is 20.3 Å². The summed E-state index contributed by atoms with van der Waals surface area (Å²) in [4.78, 5) is 15.4. The van der Waals surface area contributed by atoms with Crippen molar-refractivity contribution in [2.45, 2.75) is 19.3 Å². The maximum absolute atomic E-state index is 13.0. The smallest absolute Gasteiger partial charge is 0.174 e. The molecule has 0 radical (unpaired) electrons. The van der Waals surface area contributed by atoms with Crippen molar-refractivity contribution in [1.82, 2.24) is 4.90 Å². The van der Waals surface area contributed by atoms with E-state index in [1.807, 2.05) is 42.5 Å². The Morgan fingerprint density at radius 3 is 2.50 bits per heavy atom. The molecule has 0 N–H and O–H groups in total. The van der Waals surface area contributed by atoms with Crippen LogP contribution in [-0.2, 0) is 0 Å². The molecule has 2 heteroatoms. The number of nitrogens with zero attached hydrogens (tertiary/aromatic N) is 1. The summed E-state index contributed by atoms with van der Waals surface area (Å²) in [6, 6.07) is 9.71. The highest BCUT2D eigenvalue weighted by Crippen LogP contribution is 2.34. The summed E-state index contributed by atoms with van der Waals surface area (Å²) in [6.07, 6.45) is 11.6. The van der Waals surface area contributed by atoms with Crippen molar-refractivity contribution in [3.05, 3.63) is 60.2 Å². The molecule has 1 aliphatic carbocycles. The van der Waals surface area contributed by atoms with Crippen LogP contribution in [0.2, 0.25) is 0 Å². The van der Waals surface area contributed by atoms with E-state index in [4.69, 9.17) is 0 Å². The van der Waals surface area contributed by atoms with Crippen LogP contribution in [0.3, 0.4) is 0 Å². The fraction of sp³-hybridized carbons (Fsp3) is 0.389. The number of likely N-dealkylation sites (tertiary alicyclic amines) is 1. The molecule has 1 saturated heterocycles. The second kappa shape index (κ2) is 5.76. The third-order valence-electron chi connectivity index (χ3n) is 4.34. The van der Waals surface area contributed by atoms with Crippen LogP contribution >= 0.6 is 0 Å². The lowest BCUT2D eigenvalue weighted by molar-refractivity contribution is 0.0801. The van der Waals surface area contributed by atoms with Crippen LogP contribution in [0.5, 0.6) is 0 Å². The van der Waals surface area contributed by atoms with Gasteiger partial charge in [-0.1, -0.05) is 54.6 Å². The van der Waals surface area contributed by atoms with Gasteiger partial charge < -0.3 is 4.90 Å². The molecule has 1 aromatic rings. The third-order valence-corrected chi connectivity index (χ3v) is 4.34. The number of carbonyl (C=O) groups is 1. The number of carbonyl (C=O) groups excluding carboxylic acids is 1. The van der Waals surface area contributed by atoms with Gasteiger partial charge in [-0.2, -0.15) is 0 Å². The van der Waals surface area contributed by atoms with E-state index in [-0.39, 0.29) is 11.2 Å². The lowest BCUT2D eigenvalue weighted by Crippen LogP contribution is -2.41. The molecule has 1 aliphatic heterocycles. The molecule has 1 unspecified atom stereocenters. The molecule has 1 fully saturated rings. The first-order valence-corrected chi connectivity index (χ1v) is 7.47. The molecular weight excluding hydrogens is 246 g/mol. The Kier molecular flexibility index (Phi) is 3.83. The van der Waals surface area contributed by atoms with Crippen LogP contribution in [0, 0.1) is 5.41 Å². The van der Waals surface area contributed by atoms with E-state index in [1.54, 1.807) is 0 Å². The van der Waals surface area contributed by atoms with E-state index in [0.29, 0.717) is 0 Å². The molecule has 2 aliphatic rings. The molecule has 104 valence electrons. The predicted octanol–water partition coefficient (Wildman–Crippen LogP) is 3.47. The Bertz CT molecular complexity index is 526. The quantitative estimate of drug-likeness (QED) is 0.779. The first-order chi connectivity index (χ1) is 9.80. The van der Waals surface area contributed by atoms with Crippen molar-refractivity contribution >= 4 is 5.78 Å². The van der Waals surface area contributed by atoms with Gasteiger partial charge in [-0.3, -0.25) is 4.79 Å². The van der Waals surface area contributed by atoms with E-state index in [0.717, 1.165) is 31.6 Å². The van der Waals surface area contributed by atoms with Gasteiger partial charge in [0.15, 0.2) is 5.78 Å². The highest BCUT2D eigenvalue weighted by atomic mass is 16.1. The predicted molar refractivity (Wildman–Crippen MR) is 81.8 cm³/mol. The van der Waals surface area contributed by atoms with Gasteiger partial charge in [0, 0.05) is 12.1 Å². The van der Waals surface area contributed by atoms with Crippen molar-refractivity contribution in [3.8, 4) is 0 Å². The SMILES string of the molecule is O=C(c1ccccc1)C1(CN2CCCC2)C=CC=CC1. The summed E-state index contributed by atoms with van der Waals surface area (Å²) < 4.78 is 0. The largest absolute Gasteiger partial charge is 0.302 e. The summed E-state index contributed by atoms with van der Waals surface area (Å²) in [5, 5.41) is 0. The number of rotatable bonds is 4. The standard InChI is InChI=1S/C18H21NO/c20-17(16-9-3-1-4-10-16)18(11-5-2-6-12-18)15-19-13-7-8-14-19/h1-6,9-11H,7-8,12-15H2. The van der Waals surface area contributed by atoms with Crippen molar-refractivity contribution in [2.24, 2.45) is 5.41 Å². The van der Waals surface area contributed by atoms with Gasteiger partial charge in [0.05, 0.1) is 5.41 Å². The van der Waals surface area contributed by atoms with Crippen LogP contribution < -0.4 is 0 Å². The first kappa shape index (κ1) is 13.3. The second-order valence-electron chi connectivity index (χ2n) is 5.83. The average Bonchev–Trinajstić information content (AvgIpc) is 3.01. The van der Waals surface area contributed by atoms with Crippen molar-refractivity contribution in [1.29, 1.82) is 0 Å². The molecule has 0 saturated carbocycles. The number of ketones is 1. The number of allylic oxidation sites excluding steroid dienone is 3. The molecule has 0 aromatic heterocycles. The van der Waals surface area contributed by atoms with Gasteiger partial charge in [0.2, 0.25) is 0 Å². The lowest BCUT2D eigenvalue weighted by atomic mass is 9.75. The van der Waals surface area contributed by atoms with Crippen molar-refractivity contribution in [2.75, 3.05) is 19.6 Å². The monoisotopic (exact) mass is 267 g/mol. The molecule has 0 spiro atoms. The molecule has 0 amide bonds. The Morgan fingerprint density at radius 1 is 1.10 bits per heavy atom. The van der Waals surface area contributed by atoms with E-state index in [9.17, 15) is 4.79 Å². The number of benzene rings is 1. The minimum atomic E-state index is -0.375. The summed E-state index contributed by atoms with van der Waals surface area (Å²) >= 11 is 0. The summed E-state index contributed by atoms with van der Waals surface area (Å²) in [5.41, 5.74) is 0.451. The Morgan fingerprint density at radius 2 is 1.85 bits per heavy atom. The average molecular weight is 267 g/mol. The Labute approximate surface area is 120 Å². The number of Topliss-reactive ketones (excluding diaryl/α,β-unsaturated/α-hetero) is 1. The molecule has 20 heavy (non-hydrogen) atoms. The fourth-order valence-corrected chi connectivity index (χ4v) is 3.24. The van der Waals surface area contributed by atoms with Crippen LogP contribution in [0.1, 0.15) is 29.6 Å². The molecule has 2 nitrogen and oxygen atoms in total. The molecule has 3 rings (SSSR count). The lowest BCUT2D eigenvalue weighted by Gasteiger charge is -2.34. The molecule has 1 atom stereocenters. The van der Waals surface area contributed by atoms with E-state index < -0.39 is 0 Å². The van der Waals surface area contributed by atoms with Crippen LogP contribution in [0.15, 0.2) is 54.6 Å². The van der Waals surface area contributed by atoms with E-state index in [1.165, 1.54) is 12.8 Å². The highest BCUT2D eigenvalue weighted by molar-refractivity contribution is 6.02. The van der Waals surface area contributed by atoms with Gasteiger partial charge in [-0.25, -0.2) is 0 Å². The van der Waals surface area contributed by atoms with Crippen molar-refractivity contribution in [3.63, 3.8) is 0 Å². The molecule has 1 aromatic carbocycles. The first-order valence-electron chi connectivity index (χ1n) is 7.47. The summed E-state index contributed by atoms with van der Waals surface area (Å²) in [7, 11) is 0. The molecule has 1 heterocycles. The zero-order chi connectivity index (χ0) is 13.8. The summed E-state index contributed by atoms with van der Waals surface area (Å²) in [6.45, 7) is 3.10. The maximum Gasteiger partial charge on any atom is 0.174 e. The van der Waals surface area contributed by atoms with Gasteiger partial charge in [-0.15, -0.1) is 0 Å². The highest BCUT2D eigenvalue weighted by Gasteiger charge is 2.38. The fourth-order valence-electron chi connectivity index (χ4n) is 3.24. The van der Waals surface area contributed by atoms with Crippen molar-refractivity contribution < 1.29 is 4.79 Å². The Hall–Kier alpha value is -1.67. The molecule has 0 bridgehead atoms. The summed E-state index contributed by atoms with van der Waals surface area (Å²) in [5.74, 6) is 0.255. The third kappa shape index (κ3) is 2.61. The Balaban J connectivity index is 1.87. The second-order valence-corrected chi connectivity index (χ2v) is 5.83. The van der Waals surface area contributed by atoms with Gasteiger partial charge in [0.25, 0.3) is 0 Å². The zero-order valence-electron chi connectivity index (χ0n) is 11.8. The van der Waals surface area contributed by atoms with Gasteiger partial charge in [0.1, 0.15) is 0 Å². The number of hydrogen-bond donors (Lipinski definition) is 0. The number of hydrogen-bond acceptors (Lipinski definition) is 2. The zero-order valence-corrected chi connectivity index (χ0v) is 11.8. The van der Waals surface area contributed by atoms with Crippen LogP contribution in [0.25, 0.3) is 0 Å². The minimum absolute atomic E-state index is 0.255. The van der Waals surface area contributed by atoms with E-state index >= 15 is 0 Å². The van der Waals surface area contributed by atoms with Gasteiger partial charge >= 0.3 is 0 Å².